The van der Waals surface area contributed by atoms with Gasteiger partial charge in [0.25, 0.3) is 0 Å². The summed E-state index contributed by atoms with van der Waals surface area (Å²) in [4.78, 5) is 28.8. The maximum absolute atomic E-state index is 12.3. The second-order valence-electron chi connectivity index (χ2n) is 7.66. The van der Waals surface area contributed by atoms with Gasteiger partial charge in [0.2, 0.25) is 11.8 Å². The van der Waals surface area contributed by atoms with E-state index in [0.717, 1.165) is 57.8 Å². The number of nitrogens with zero attached hydrogens (tertiary/aromatic N) is 2. The number of carbonyl (C=O) groups excluding carboxylic acids is 2. The Bertz CT molecular complexity index is 446. The van der Waals surface area contributed by atoms with Crippen molar-refractivity contribution in [2.24, 2.45) is 0 Å². The third-order valence-corrected chi connectivity index (χ3v) is 6.93. The van der Waals surface area contributed by atoms with E-state index in [9.17, 15) is 9.59 Å². The predicted octanol–water partition coefficient (Wildman–Crippen LogP) is 2.26. The van der Waals surface area contributed by atoms with Crippen molar-refractivity contribution >= 4 is 23.6 Å². The van der Waals surface area contributed by atoms with Crippen LogP contribution in [0.3, 0.4) is 0 Å². The van der Waals surface area contributed by atoms with E-state index in [1.807, 2.05) is 4.90 Å². The second-order valence-corrected chi connectivity index (χ2v) is 8.89. The lowest BCUT2D eigenvalue weighted by Crippen LogP contribution is -2.49. The Kier molecular flexibility index (Phi) is 7.47. The van der Waals surface area contributed by atoms with Gasteiger partial charge in [-0.05, 0) is 50.0 Å². The molecule has 3 saturated heterocycles. The number of thioether (sulfide) groups is 1. The lowest BCUT2D eigenvalue weighted by atomic mass is 10.0. The number of nitrogens with one attached hydrogen (secondary N) is 1. The first-order chi connectivity index (χ1) is 12.2. The molecule has 6 heteroatoms. The van der Waals surface area contributed by atoms with Crippen LogP contribution in [-0.2, 0) is 9.59 Å². The van der Waals surface area contributed by atoms with Crippen LogP contribution in [0.2, 0.25) is 0 Å². The summed E-state index contributed by atoms with van der Waals surface area (Å²) in [5.41, 5.74) is 0. The molecular formula is C19H33N3O2S. The zero-order valence-electron chi connectivity index (χ0n) is 15.4. The lowest BCUT2D eigenvalue weighted by molar-refractivity contribution is -0.131. The minimum absolute atomic E-state index is 0.115. The number of rotatable bonds is 5. The topological polar surface area (TPSA) is 52.7 Å². The van der Waals surface area contributed by atoms with Crippen LogP contribution in [0.5, 0.6) is 0 Å². The SMILES string of the molecule is O=C(CCN1CCCCCC1=O)NC1CCN(C2CCSCC2)CC1. The maximum Gasteiger partial charge on any atom is 0.222 e. The van der Waals surface area contributed by atoms with E-state index in [2.05, 4.69) is 22.0 Å². The Morgan fingerprint density at radius 2 is 1.80 bits per heavy atom. The highest BCUT2D eigenvalue weighted by Crippen LogP contribution is 2.24. The van der Waals surface area contributed by atoms with E-state index in [0.29, 0.717) is 25.4 Å². The van der Waals surface area contributed by atoms with E-state index in [4.69, 9.17) is 0 Å². The van der Waals surface area contributed by atoms with Crippen molar-refractivity contribution in [3.63, 3.8) is 0 Å². The molecule has 0 aromatic carbocycles. The number of piperidine rings is 1. The standard InChI is InChI=1S/C19H33N3O2S/c23-18(7-13-22-10-3-1-2-4-19(22)24)20-16-5-11-21(12-6-16)17-8-14-25-15-9-17/h16-17H,1-15H2,(H,20,23). The number of hydrogen-bond acceptors (Lipinski definition) is 4. The Morgan fingerprint density at radius 1 is 1.04 bits per heavy atom. The Balaban J connectivity index is 1.34. The summed E-state index contributed by atoms with van der Waals surface area (Å²) in [6.45, 7) is 3.64. The number of likely N-dealkylation sites (tertiary alicyclic amines) is 2. The molecule has 0 radical (unpaired) electrons. The molecule has 3 heterocycles. The van der Waals surface area contributed by atoms with Crippen molar-refractivity contribution in [3.05, 3.63) is 0 Å². The molecule has 3 rings (SSSR count). The normalized spacial score (nSPS) is 25.0. The van der Waals surface area contributed by atoms with Gasteiger partial charge in [0.05, 0.1) is 0 Å². The van der Waals surface area contributed by atoms with Crippen molar-refractivity contribution in [1.82, 2.24) is 15.1 Å². The largest absolute Gasteiger partial charge is 0.353 e. The van der Waals surface area contributed by atoms with Crippen molar-refractivity contribution < 1.29 is 9.59 Å². The highest BCUT2D eigenvalue weighted by molar-refractivity contribution is 7.99. The Hall–Kier alpha value is -0.750. The molecule has 0 spiro atoms. The molecule has 3 fully saturated rings. The van der Waals surface area contributed by atoms with Crippen LogP contribution in [0.1, 0.15) is 57.8 Å². The summed E-state index contributed by atoms with van der Waals surface area (Å²) >= 11 is 2.08. The van der Waals surface area contributed by atoms with Crippen LogP contribution < -0.4 is 5.32 Å². The van der Waals surface area contributed by atoms with Gasteiger partial charge < -0.3 is 15.1 Å². The predicted molar refractivity (Wildman–Crippen MR) is 103 cm³/mol. The third kappa shape index (κ3) is 5.88. The van der Waals surface area contributed by atoms with Crippen LogP contribution in [0, 0.1) is 0 Å². The molecule has 0 saturated carbocycles. The van der Waals surface area contributed by atoms with Gasteiger partial charge in [-0.1, -0.05) is 6.42 Å². The van der Waals surface area contributed by atoms with E-state index in [1.54, 1.807) is 0 Å². The highest BCUT2D eigenvalue weighted by Gasteiger charge is 2.27. The van der Waals surface area contributed by atoms with Gasteiger partial charge in [-0.3, -0.25) is 9.59 Å². The van der Waals surface area contributed by atoms with E-state index < -0.39 is 0 Å². The zero-order valence-corrected chi connectivity index (χ0v) is 16.2. The number of amides is 2. The lowest BCUT2D eigenvalue weighted by Gasteiger charge is -2.39. The number of carbonyl (C=O) groups is 2. The van der Waals surface area contributed by atoms with Crippen molar-refractivity contribution in [1.29, 1.82) is 0 Å². The molecule has 0 aliphatic carbocycles. The van der Waals surface area contributed by atoms with Gasteiger partial charge >= 0.3 is 0 Å². The average molecular weight is 368 g/mol. The van der Waals surface area contributed by atoms with E-state index in [-0.39, 0.29) is 11.8 Å². The smallest absolute Gasteiger partial charge is 0.222 e. The molecule has 0 aromatic heterocycles. The molecule has 3 aliphatic heterocycles. The highest BCUT2D eigenvalue weighted by atomic mass is 32.2. The fraction of sp³-hybridized carbons (Fsp3) is 0.895. The van der Waals surface area contributed by atoms with Crippen molar-refractivity contribution in [3.8, 4) is 0 Å². The summed E-state index contributed by atoms with van der Waals surface area (Å²) in [7, 11) is 0. The molecule has 3 aliphatic rings. The first-order valence-electron chi connectivity index (χ1n) is 10.1. The van der Waals surface area contributed by atoms with Crippen molar-refractivity contribution in [2.75, 3.05) is 37.7 Å². The molecule has 5 nitrogen and oxygen atoms in total. The van der Waals surface area contributed by atoms with E-state index >= 15 is 0 Å². The van der Waals surface area contributed by atoms with Gasteiger partial charge in [0.15, 0.2) is 0 Å². The summed E-state index contributed by atoms with van der Waals surface area (Å²) in [6, 6.07) is 1.09. The molecule has 0 atom stereocenters. The molecule has 2 amide bonds. The molecular weight excluding hydrogens is 334 g/mol. The number of hydrogen-bond donors (Lipinski definition) is 1. The zero-order chi connectivity index (χ0) is 17.5. The van der Waals surface area contributed by atoms with E-state index in [1.165, 1.54) is 24.3 Å². The fourth-order valence-corrected chi connectivity index (χ4v) is 5.35. The van der Waals surface area contributed by atoms with Gasteiger partial charge in [-0.25, -0.2) is 0 Å². The van der Waals surface area contributed by atoms with Gasteiger partial charge in [0.1, 0.15) is 0 Å². The first-order valence-corrected chi connectivity index (χ1v) is 11.3. The third-order valence-electron chi connectivity index (χ3n) is 5.88. The monoisotopic (exact) mass is 367 g/mol. The molecule has 1 N–H and O–H groups in total. The van der Waals surface area contributed by atoms with Gasteiger partial charge in [-0.2, -0.15) is 11.8 Å². The Labute approximate surface area is 156 Å². The maximum atomic E-state index is 12.3. The molecule has 142 valence electrons. The molecule has 0 unspecified atom stereocenters. The average Bonchev–Trinajstić information content (AvgIpc) is 2.85. The second kappa shape index (κ2) is 9.81. The van der Waals surface area contributed by atoms with Crippen LogP contribution >= 0.6 is 11.8 Å². The van der Waals surface area contributed by atoms with Crippen LogP contribution in [0.25, 0.3) is 0 Å². The minimum atomic E-state index is 0.115. The van der Waals surface area contributed by atoms with Crippen LogP contribution in [0.15, 0.2) is 0 Å². The van der Waals surface area contributed by atoms with Gasteiger partial charge in [-0.15, -0.1) is 0 Å². The van der Waals surface area contributed by atoms with Crippen LogP contribution in [0.4, 0.5) is 0 Å². The first kappa shape index (κ1) is 19.0. The van der Waals surface area contributed by atoms with Crippen molar-refractivity contribution in [2.45, 2.75) is 69.9 Å². The molecule has 0 aromatic rings. The summed E-state index contributed by atoms with van der Waals surface area (Å²) < 4.78 is 0. The molecule has 0 bridgehead atoms. The fourth-order valence-electron chi connectivity index (χ4n) is 4.27. The minimum Gasteiger partial charge on any atom is -0.353 e. The quantitative estimate of drug-likeness (QED) is 0.810. The summed E-state index contributed by atoms with van der Waals surface area (Å²) in [5, 5.41) is 3.20. The Morgan fingerprint density at radius 3 is 2.56 bits per heavy atom. The summed E-state index contributed by atoms with van der Waals surface area (Å²) in [6.07, 6.45) is 9.09. The van der Waals surface area contributed by atoms with Crippen LogP contribution in [-0.4, -0.2) is 71.4 Å². The molecule has 25 heavy (non-hydrogen) atoms. The summed E-state index contributed by atoms with van der Waals surface area (Å²) in [5.74, 6) is 2.95. The van der Waals surface area contributed by atoms with Gasteiger partial charge in [0, 0.05) is 51.1 Å².